The molecule has 2 aromatic heterocycles. The van der Waals surface area contributed by atoms with E-state index in [1.807, 2.05) is 0 Å². The zero-order valence-corrected chi connectivity index (χ0v) is 22.1. The first-order chi connectivity index (χ1) is 18.7. The van der Waals surface area contributed by atoms with Gasteiger partial charge in [-0.15, -0.1) is 21.5 Å². The van der Waals surface area contributed by atoms with Crippen molar-refractivity contribution in [3.05, 3.63) is 82.9 Å². The minimum atomic E-state index is -0.872. The molecule has 0 bridgehead atoms. The normalized spacial score (nSPS) is 10.7. The average molecular weight is 554 g/mol. The van der Waals surface area contributed by atoms with Gasteiger partial charge in [-0.3, -0.25) is 9.69 Å². The maximum Gasteiger partial charge on any atom is 0.415 e. The fourth-order valence-corrected chi connectivity index (χ4v) is 5.10. The van der Waals surface area contributed by atoms with Crippen LogP contribution in [0.5, 0.6) is 5.88 Å². The summed E-state index contributed by atoms with van der Waals surface area (Å²) in [5.41, 5.74) is 7.41. The van der Waals surface area contributed by atoms with Crippen molar-refractivity contribution in [3.63, 3.8) is 0 Å². The molecule has 0 aliphatic carbocycles. The van der Waals surface area contributed by atoms with Gasteiger partial charge in [-0.2, -0.15) is 0 Å². The van der Waals surface area contributed by atoms with Crippen molar-refractivity contribution in [2.75, 3.05) is 29.7 Å². The molecule has 0 saturated heterocycles. The van der Waals surface area contributed by atoms with Crippen LogP contribution in [0.15, 0.2) is 54.6 Å². The van der Waals surface area contributed by atoms with Crippen LogP contribution in [0.2, 0.25) is 0 Å². The number of nitrogen functional groups attached to an aromatic ring is 1. The molecule has 39 heavy (non-hydrogen) atoms. The fourth-order valence-electron chi connectivity index (χ4n) is 3.80. The van der Waals surface area contributed by atoms with Crippen LogP contribution < -0.4 is 20.7 Å². The second kappa shape index (κ2) is 11.9. The molecule has 4 rings (SSSR count). The Balaban J connectivity index is 1.86. The number of carbonyl (C=O) groups is 2. The number of nitrogens with one attached hydrogen (secondary N) is 1. The lowest BCUT2D eigenvalue weighted by molar-refractivity contribution is 0.102. The van der Waals surface area contributed by atoms with E-state index in [0.29, 0.717) is 16.1 Å². The van der Waals surface area contributed by atoms with E-state index in [1.165, 1.54) is 25.3 Å². The van der Waals surface area contributed by atoms with Crippen molar-refractivity contribution in [2.24, 2.45) is 0 Å². The number of halogens is 2. The third-order valence-electron chi connectivity index (χ3n) is 5.73. The molecule has 0 aliphatic heterocycles. The molecular weight excluding hydrogens is 528 g/mol. The minimum Gasteiger partial charge on any atom is -0.480 e. The number of amides is 2. The van der Waals surface area contributed by atoms with E-state index in [9.17, 15) is 18.4 Å². The number of ether oxygens (including phenoxy) is 2. The molecule has 0 atom stereocenters. The number of methoxy groups -OCH3 is 1. The summed E-state index contributed by atoms with van der Waals surface area (Å²) in [4.78, 5) is 28.5. The van der Waals surface area contributed by atoms with Gasteiger partial charge in [0.15, 0.2) is 5.82 Å². The largest absolute Gasteiger partial charge is 0.480 e. The molecule has 202 valence electrons. The monoisotopic (exact) mass is 553 g/mol. The zero-order valence-electron chi connectivity index (χ0n) is 21.3. The Kier molecular flexibility index (Phi) is 8.35. The Labute approximate surface area is 227 Å². The number of nitrogens with two attached hydrogens (primary N) is 1. The first-order valence-electron chi connectivity index (χ1n) is 11.8. The van der Waals surface area contributed by atoms with Crippen molar-refractivity contribution < 1.29 is 27.8 Å². The van der Waals surface area contributed by atoms with Crippen molar-refractivity contribution in [1.82, 2.24) is 10.2 Å². The lowest BCUT2D eigenvalue weighted by Gasteiger charge is -2.22. The summed E-state index contributed by atoms with van der Waals surface area (Å²) in [6.45, 7) is 2.82. The Morgan fingerprint density at radius 3 is 2.33 bits per heavy atom. The third kappa shape index (κ3) is 5.96. The van der Waals surface area contributed by atoms with Gasteiger partial charge in [0.05, 0.1) is 25.8 Å². The fraction of sp³-hybridized carbons (Fsp3) is 0.185. The molecule has 0 radical (unpaired) electrons. The SMILES string of the molecule is CCOC(=O)N(Cc1c(F)cccc1F)c1sc(-c2ccc(N)cc2)c(C)c1C(=O)Nc1ccc(OC)nn1. The summed E-state index contributed by atoms with van der Waals surface area (Å²) in [6, 6.07) is 13.4. The van der Waals surface area contributed by atoms with Crippen molar-refractivity contribution in [1.29, 1.82) is 0 Å². The summed E-state index contributed by atoms with van der Waals surface area (Å²) < 4.78 is 39.5. The molecule has 4 aromatic rings. The van der Waals surface area contributed by atoms with Crippen LogP contribution in [0.3, 0.4) is 0 Å². The molecule has 12 heteroatoms. The van der Waals surface area contributed by atoms with Crippen LogP contribution in [0, 0.1) is 18.6 Å². The van der Waals surface area contributed by atoms with Gasteiger partial charge in [0.25, 0.3) is 5.91 Å². The van der Waals surface area contributed by atoms with E-state index in [0.717, 1.165) is 33.9 Å². The van der Waals surface area contributed by atoms with E-state index in [2.05, 4.69) is 15.5 Å². The zero-order chi connectivity index (χ0) is 28.1. The van der Waals surface area contributed by atoms with Gasteiger partial charge >= 0.3 is 6.09 Å². The molecule has 2 heterocycles. The number of rotatable bonds is 8. The molecule has 0 saturated carbocycles. The standard InChI is InChI=1S/C27H25F2N5O4S/c1-4-38-27(36)34(14-18-19(28)6-5-7-20(18)29)26-23(25(35)31-21-12-13-22(37-3)33-32-21)15(2)24(39-26)16-8-10-17(30)11-9-16/h5-13H,4,14,30H2,1-3H3,(H,31,32,35). The predicted octanol–water partition coefficient (Wildman–Crippen LogP) is 5.80. The maximum absolute atomic E-state index is 14.6. The number of thiophene rings is 1. The average Bonchev–Trinajstić information content (AvgIpc) is 3.26. The number of hydrogen-bond acceptors (Lipinski definition) is 8. The molecule has 2 amide bonds. The topological polar surface area (TPSA) is 120 Å². The summed E-state index contributed by atoms with van der Waals surface area (Å²) in [5, 5.41) is 10.6. The third-order valence-corrected chi connectivity index (χ3v) is 7.09. The van der Waals surface area contributed by atoms with Gasteiger partial charge in [-0.25, -0.2) is 13.6 Å². The van der Waals surface area contributed by atoms with Gasteiger partial charge in [-0.05, 0) is 55.3 Å². The van der Waals surface area contributed by atoms with Crippen LogP contribution in [-0.2, 0) is 11.3 Å². The molecule has 0 spiro atoms. The Hall–Kier alpha value is -4.58. The summed E-state index contributed by atoms with van der Waals surface area (Å²) in [6.07, 6.45) is -0.872. The van der Waals surface area contributed by atoms with E-state index in [1.54, 1.807) is 38.1 Å². The Morgan fingerprint density at radius 1 is 1.05 bits per heavy atom. The van der Waals surface area contributed by atoms with Gasteiger partial charge in [-0.1, -0.05) is 18.2 Å². The molecular formula is C27H25F2N5O4S. The Bertz CT molecular complexity index is 1470. The number of aromatic nitrogens is 2. The minimum absolute atomic E-state index is 0.00717. The molecule has 2 aromatic carbocycles. The number of anilines is 3. The summed E-state index contributed by atoms with van der Waals surface area (Å²) in [5.74, 6) is -1.89. The molecule has 0 unspecified atom stereocenters. The second-order valence-corrected chi connectivity index (χ2v) is 9.26. The number of benzene rings is 2. The summed E-state index contributed by atoms with van der Waals surface area (Å²) >= 11 is 1.11. The van der Waals surface area contributed by atoms with E-state index >= 15 is 0 Å². The number of hydrogen-bond donors (Lipinski definition) is 2. The van der Waals surface area contributed by atoms with Crippen LogP contribution in [-0.4, -0.2) is 35.9 Å². The molecule has 9 nitrogen and oxygen atoms in total. The maximum atomic E-state index is 14.6. The Morgan fingerprint density at radius 2 is 1.74 bits per heavy atom. The summed E-state index contributed by atoms with van der Waals surface area (Å²) in [7, 11) is 1.43. The highest BCUT2D eigenvalue weighted by Crippen LogP contribution is 2.43. The number of nitrogens with zero attached hydrogens (tertiary/aromatic N) is 3. The van der Waals surface area contributed by atoms with Crippen molar-refractivity contribution in [2.45, 2.75) is 20.4 Å². The van der Waals surface area contributed by atoms with Gasteiger partial charge in [0, 0.05) is 22.2 Å². The lowest BCUT2D eigenvalue weighted by Crippen LogP contribution is -2.33. The highest BCUT2D eigenvalue weighted by atomic mass is 32.1. The van der Waals surface area contributed by atoms with Gasteiger partial charge < -0.3 is 20.5 Å². The highest BCUT2D eigenvalue weighted by molar-refractivity contribution is 7.20. The molecule has 0 aliphatic rings. The van der Waals surface area contributed by atoms with E-state index < -0.39 is 30.2 Å². The molecule has 3 N–H and O–H groups in total. The van der Waals surface area contributed by atoms with Crippen LogP contribution in [0.25, 0.3) is 10.4 Å². The van der Waals surface area contributed by atoms with E-state index in [-0.39, 0.29) is 34.4 Å². The van der Waals surface area contributed by atoms with Gasteiger partial charge in [0.2, 0.25) is 5.88 Å². The second-order valence-electron chi connectivity index (χ2n) is 8.26. The van der Waals surface area contributed by atoms with E-state index in [4.69, 9.17) is 15.2 Å². The van der Waals surface area contributed by atoms with Gasteiger partial charge in [0.1, 0.15) is 16.6 Å². The van der Waals surface area contributed by atoms with Crippen LogP contribution in [0.1, 0.15) is 28.4 Å². The van der Waals surface area contributed by atoms with Crippen molar-refractivity contribution in [3.8, 4) is 16.3 Å². The van der Waals surface area contributed by atoms with Crippen LogP contribution >= 0.6 is 11.3 Å². The first-order valence-corrected chi connectivity index (χ1v) is 12.6. The molecule has 0 fully saturated rings. The predicted molar refractivity (Wildman–Crippen MR) is 145 cm³/mol. The van der Waals surface area contributed by atoms with Crippen LogP contribution in [0.4, 0.5) is 30.1 Å². The van der Waals surface area contributed by atoms with Crippen molar-refractivity contribution >= 4 is 39.8 Å². The highest BCUT2D eigenvalue weighted by Gasteiger charge is 2.31. The number of carbonyl (C=O) groups excluding carboxylic acids is 2. The lowest BCUT2D eigenvalue weighted by atomic mass is 10.1. The quantitative estimate of drug-likeness (QED) is 0.265. The smallest absolute Gasteiger partial charge is 0.415 e. The first kappa shape index (κ1) is 27.5.